The molecule has 21 heavy (non-hydrogen) atoms. The molecule has 0 radical (unpaired) electrons. The lowest BCUT2D eigenvalue weighted by Crippen LogP contribution is -2.29. The van der Waals surface area contributed by atoms with Gasteiger partial charge in [-0.3, -0.25) is 0 Å². The van der Waals surface area contributed by atoms with E-state index in [4.69, 9.17) is 0 Å². The molecule has 3 nitrogen and oxygen atoms in total. The Morgan fingerprint density at radius 2 is 2.24 bits per heavy atom. The van der Waals surface area contributed by atoms with Gasteiger partial charge in [-0.25, -0.2) is 0 Å². The molecule has 0 spiro atoms. The van der Waals surface area contributed by atoms with Crippen LogP contribution in [0.1, 0.15) is 43.9 Å². The second kappa shape index (κ2) is 7.92. The maximum absolute atomic E-state index is 9.70. The summed E-state index contributed by atoms with van der Waals surface area (Å²) in [5.41, 5.74) is 2.72. The summed E-state index contributed by atoms with van der Waals surface area (Å²) in [6, 6.07) is 9.24. The average Bonchev–Trinajstić information content (AvgIpc) is 2.92. The zero-order chi connectivity index (χ0) is 15.2. The number of benzene rings is 1. The molecule has 1 heterocycles. The van der Waals surface area contributed by atoms with Crippen LogP contribution in [0.5, 0.6) is 0 Å². The predicted molar refractivity (Wildman–Crippen MR) is 88.4 cm³/mol. The molecule has 2 N–H and O–H groups in total. The van der Waals surface area contributed by atoms with Crippen LogP contribution in [-0.4, -0.2) is 42.3 Å². The van der Waals surface area contributed by atoms with Gasteiger partial charge in [0.15, 0.2) is 0 Å². The molecule has 0 saturated carbocycles. The van der Waals surface area contributed by atoms with Crippen LogP contribution < -0.4 is 5.32 Å². The Morgan fingerprint density at radius 3 is 2.86 bits per heavy atom. The molecule has 1 aromatic rings. The molecule has 2 rings (SSSR count). The van der Waals surface area contributed by atoms with E-state index < -0.39 is 0 Å². The zero-order valence-electron chi connectivity index (χ0n) is 13.7. The van der Waals surface area contributed by atoms with Gasteiger partial charge in [0, 0.05) is 12.6 Å². The van der Waals surface area contributed by atoms with Crippen LogP contribution in [0.3, 0.4) is 0 Å². The predicted octanol–water partition coefficient (Wildman–Crippen LogP) is 2.74. The summed E-state index contributed by atoms with van der Waals surface area (Å²) in [4.78, 5) is 2.50. The molecule has 0 aromatic heterocycles. The van der Waals surface area contributed by atoms with Crippen molar-refractivity contribution in [1.29, 1.82) is 0 Å². The number of aliphatic hydroxyl groups excluding tert-OH is 1. The summed E-state index contributed by atoms with van der Waals surface area (Å²) in [6.45, 7) is 10.5. The Morgan fingerprint density at radius 1 is 1.43 bits per heavy atom. The van der Waals surface area contributed by atoms with E-state index in [2.05, 4.69) is 48.3 Å². The highest BCUT2D eigenvalue weighted by molar-refractivity contribution is 5.25. The Hall–Kier alpha value is -0.900. The summed E-state index contributed by atoms with van der Waals surface area (Å²) < 4.78 is 0. The molecule has 3 atom stereocenters. The molecular weight excluding hydrogens is 260 g/mol. The summed E-state index contributed by atoms with van der Waals surface area (Å²) in [5, 5.41) is 13.3. The molecule has 118 valence electrons. The minimum absolute atomic E-state index is 0.170. The maximum atomic E-state index is 9.70. The van der Waals surface area contributed by atoms with Gasteiger partial charge >= 0.3 is 0 Å². The van der Waals surface area contributed by atoms with Gasteiger partial charge in [-0.15, -0.1) is 0 Å². The first-order chi connectivity index (χ1) is 10.1. The molecule has 1 aliphatic rings. The van der Waals surface area contributed by atoms with Crippen molar-refractivity contribution in [2.75, 3.05) is 26.2 Å². The second-order valence-corrected chi connectivity index (χ2v) is 6.40. The van der Waals surface area contributed by atoms with Crippen molar-refractivity contribution in [2.45, 2.75) is 45.8 Å². The van der Waals surface area contributed by atoms with E-state index in [0.29, 0.717) is 12.0 Å². The largest absolute Gasteiger partial charge is 0.393 e. The molecule has 3 unspecified atom stereocenters. The fourth-order valence-corrected chi connectivity index (χ4v) is 3.29. The van der Waals surface area contributed by atoms with Gasteiger partial charge in [0.2, 0.25) is 0 Å². The number of rotatable bonds is 7. The molecule has 0 aliphatic carbocycles. The van der Waals surface area contributed by atoms with Crippen molar-refractivity contribution in [3.63, 3.8) is 0 Å². The van der Waals surface area contributed by atoms with Crippen LogP contribution >= 0.6 is 0 Å². The highest BCUT2D eigenvalue weighted by Gasteiger charge is 2.26. The van der Waals surface area contributed by atoms with E-state index in [0.717, 1.165) is 39.0 Å². The van der Waals surface area contributed by atoms with Crippen molar-refractivity contribution >= 4 is 0 Å². The third-order valence-corrected chi connectivity index (χ3v) is 4.62. The Labute approximate surface area is 129 Å². The van der Waals surface area contributed by atoms with Gasteiger partial charge in [0.1, 0.15) is 0 Å². The number of nitrogens with one attached hydrogen (secondary N) is 1. The van der Waals surface area contributed by atoms with Crippen molar-refractivity contribution in [2.24, 2.45) is 5.92 Å². The van der Waals surface area contributed by atoms with E-state index >= 15 is 0 Å². The van der Waals surface area contributed by atoms with E-state index in [1.54, 1.807) is 0 Å². The summed E-state index contributed by atoms with van der Waals surface area (Å²) in [7, 11) is 0. The maximum Gasteiger partial charge on any atom is 0.0552 e. The smallest absolute Gasteiger partial charge is 0.0552 e. The minimum Gasteiger partial charge on any atom is -0.393 e. The van der Waals surface area contributed by atoms with Crippen molar-refractivity contribution in [3.05, 3.63) is 35.4 Å². The van der Waals surface area contributed by atoms with E-state index in [-0.39, 0.29) is 6.10 Å². The Kier molecular flexibility index (Phi) is 6.22. The second-order valence-electron chi connectivity index (χ2n) is 6.40. The third kappa shape index (κ3) is 4.80. The van der Waals surface area contributed by atoms with Crippen LogP contribution in [0, 0.1) is 12.8 Å². The topological polar surface area (TPSA) is 35.5 Å². The van der Waals surface area contributed by atoms with Crippen molar-refractivity contribution < 1.29 is 5.11 Å². The minimum atomic E-state index is -0.170. The van der Waals surface area contributed by atoms with Crippen molar-refractivity contribution in [1.82, 2.24) is 10.2 Å². The molecule has 1 aliphatic heterocycles. The SMILES string of the molecule is CCNC(CCN1CCC(C(C)O)C1)c1cccc(C)c1. The lowest BCUT2D eigenvalue weighted by molar-refractivity contribution is 0.127. The van der Waals surface area contributed by atoms with Gasteiger partial charge in [-0.1, -0.05) is 36.8 Å². The molecule has 0 bridgehead atoms. The molecule has 1 aromatic carbocycles. The van der Waals surface area contributed by atoms with Crippen molar-refractivity contribution in [3.8, 4) is 0 Å². The average molecular weight is 290 g/mol. The van der Waals surface area contributed by atoms with Gasteiger partial charge in [-0.2, -0.15) is 0 Å². The van der Waals surface area contributed by atoms with Crippen LogP contribution in [-0.2, 0) is 0 Å². The van der Waals surface area contributed by atoms with E-state index in [9.17, 15) is 5.11 Å². The van der Waals surface area contributed by atoms with Gasteiger partial charge in [0.05, 0.1) is 6.10 Å². The van der Waals surface area contributed by atoms with Crippen LogP contribution in [0.25, 0.3) is 0 Å². The lowest BCUT2D eigenvalue weighted by atomic mass is 10.0. The first-order valence-corrected chi connectivity index (χ1v) is 8.30. The highest BCUT2D eigenvalue weighted by Crippen LogP contribution is 2.23. The normalized spacial score (nSPS) is 22.4. The van der Waals surface area contributed by atoms with Gasteiger partial charge in [-0.05, 0) is 57.8 Å². The van der Waals surface area contributed by atoms with Crippen LogP contribution in [0.2, 0.25) is 0 Å². The first kappa shape index (κ1) is 16.5. The number of nitrogens with zero attached hydrogens (tertiary/aromatic N) is 1. The third-order valence-electron chi connectivity index (χ3n) is 4.62. The lowest BCUT2D eigenvalue weighted by Gasteiger charge is -2.23. The first-order valence-electron chi connectivity index (χ1n) is 8.30. The number of hydrogen-bond acceptors (Lipinski definition) is 3. The highest BCUT2D eigenvalue weighted by atomic mass is 16.3. The van der Waals surface area contributed by atoms with Gasteiger partial charge in [0.25, 0.3) is 0 Å². The standard InChI is InChI=1S/C18H30N2O/c1-4-19-18(16-7-5-6-14(2)12-16)9-11-20-10-8-17(13-20)15(3)21/h5-7,12,15,17-19,21H,4,8-11,13H2,1-3H3. The Balaban J connectivity index is 1.89. The number of hydrogen-bond donors (Lipinski definition) is 2. The summed E-state index contributed by atoms with van der Waals surface area (Å²) >= 11 is 0. The molecule has 1 saturated heterocycles. The van der Waals surface area contributed by atoms with E-state index in [1.165, 1.54) is 11.1 Å². The van der Waals surface area contributed by atoms with Crippen LogP contribution in [0.15, 0.2) is 24.3 Å². The number of aryl methyl sites for hydroxylation is 1. The molecular formula is C18H30N2O. The molecule has 3 heteroatoms. The Bertz CT molecular complexity index is 433. The zero-order valence-corrected chi connectivity index (χ0v) is 13.7. The number of aliphatic hydroxyl groups is 1. The van der Waals surface area contributed by atoms with E-state index in [1.807, 2.05) is 6.92 Å². The molecule has 0 amide bonds. The fourth-order valence-electron chi connectivity index (χ4n) is 3.29. The monoisotopic (exact) mass is 290 g/mol. The quantitative estimate of drug-likeness (QED) is 0.810. The summed E-state index contributed by atoms with van der Waals surface area (Å²) in [5.74, 6) is 0.460. The number of likely N-dealkylation sites (tertiary alicyclic amines) is 1. The van der Waals surface area contributed by atoms with Gasteiger partial charge < -0.3 is 15.3 Å². The fraction of sp³-hybridized carbons (Fsp3) is 0.667. The molecule has 1 fully saturated rings. The summed E-state index contributed by atoms with van der Waals surface area (Å²) in [6.07, 6.45) is 2.09. The van der Waals surface area contributed by atoms with Crippen LogP contribution in [0.4, 0.5) is 0 Å².